The van der Waals surface area contributed by atoms with Crippen molar-refractivity contribution in [1.82, 2.24) is 0 Å². The Labute approximate surface area is 166 Å². The fourth-order valence-electron chi connectivity index (χ4n) is 3.67. The van der Waals surface area contributed by atoms with E-state index in [0.29, 0.717) is 0 Å². The molecule has 4 nitrogen and oxygen atoms in total. The first kappa shape index (κ1) is 18.0. The molecule has 4 heteroatoms. The SMILES string of the molecule is C[n+]1ccccc1-c1ccc(-c2ccc(-c3cccc[n+]3C)[n+](C)c2)c[n+]1C. The zero-order valence-corrected chi connectivity index (χ0v) is 16.9. The summed E-state index contributed by atoms with van der Waals surface area (Å²) in [5, 5.41) is 0. The van der Waals surface area contributed by atoms with Gasteiger partial charge in [-0.1, -0.05) is 0 Å². The normalized spacial score (nSPS) is 10.9. The second kappa shape index (κ2) is 7.31. The van der Waals surface area contributed by atoms with Crippen molar-refractivity contribution in [1.29, 1.82) is 0 Å². The van der Waals surface area contributed by atoms with E-state index in [0.717, 1.165) is 0 Å². The average molecular weight is 371 g/mol. The molecule has 0 aliphatic heterocycles. The van der Waals surface area contributed by atoms with Gasteiger partial charge in [0.1, 0.15) is 28.2 Å². The molecular formula is C24H26N4+4. The first-order valence-electron chi connectivity index (χ1n) is 9.44. The van der Waals surface area contributed by atoms with Crippen molar-refractivity contribution in [3.8, 4) is 33.9 Å². The lowest BCUT2D eigenvalue weighted by Gasteiger charge is -2.04. The maximum Gasteiger partial charge on any atom is 0.277 e. The summed E-state index contributed by atoms with van der Waals surface area (Å²) < 4.78 is 8.67. The summed E-state index contributed by atoms with van der Waals surface area (Å²) in [6, 6.07) is 21.3. The monoisotopic (exact) mass is 370 g/mol. The fraction of sp³-hybridized carbons (Fsp3) is 0.167. The Kier molecular flexibility index (Phi) is 4.70. The van der Waals surface area contributed by atoms with Gasteiger partial charge in [-0.15, -0.1) is 0 Å². The average Bonchev–Trinajstić information content (AvgIpc) is 2.69. The Morgan fingerprint density at radius 1 is 0.429 bits per heavy atom. The first-order chi connectivity index (χ1) is 13.5. The van der Waals surface area contributed by atoms with Crippen LogP contribution in [0.4, 0.5) is 0 Å². The quantitative estimate of drug-likeness (QED) is 0.490. The van der Waals surface area contributed by atoms with Crippen LogP contribution < -0.4 is 18.3 Å². The molecule has 0 bridgehead atoms. The number of hydrogen-bond acceptors (Lipinski definition) is 0. The maximum atomic E-state index is 2.19. The van der Waals surface area contributed by atoms with Crippen LogP contribution in [0.3, 0.4) is 0 Å². The van der Waals surface area contributed by atoms with E-state index in [2.05, 4.69) is 120 Å². The molecule has 0 aliphatic rings. The van der Waals surface area contributed by atoms with E-state index >= 15 is 0 Å². The minimum atomic E-state index is 1.18. The van der Waals surface area contributed by atoms with E-state index in [1.807, 2.05) is 12.1 Å². The van der Waals surface area contributed by atoms with Gasteiger partial charge in [-0.25, -0.2) is 0 Å². The van der Waals surface area contributed by atoms with Gasteiger partial charge < -0.3 is 0 Å². The number of pyridine rings is 4. The lowest BCUT2D eigenvalue weighted by atomic mass is 10.1. The van der Waals surface area contributed by atoms with E-state index in [-0.39, 0.29) is 0 Å². The van der Waals surface area contributed by atoms with E-state index < -0.39 is 0 Å². The Morgan fingerprint density at radius 3 is 1.18 bits per heavy atom. The molecule has 0 fully saturated rings. The zero-order chi connectivity index (χ0) is 19.7. The smallest absolute Gasteiger partial charge is 0.196 e. The topological polar surface area (TPSA) is 15.5 Å². The second-order valence-electron chi connectivity index (χ2n) is 7.22. The Hall–Kier alpha value is -3.40. The van der Waals surface area contributed by atoms with Crippen LogP contribution in [-0.2, 0) is 28.2 Å². The minimum absolute atomic E-state index is 1.18. The largest absolute Gasteiger partial charge is 0.277 e. The number of nitrogens with zero attached hydrogens (tertiary/aromatic N) is 4. The molecule has 0 amide bonds. The Morgan fingerprint density at radius 2 is 0.821 bits per heavy atom. The van der Waals surface area contributed by atoms with Crippen LogP contribution in [0.15, 0.2) is 85.5 Å². The minimum Gasteiger partial charge on any atom is -0.196 e. The van der Waals surface area contributed by atoms with Crippen molar-refractivity contribution in [3.05, 3.63) is 85.5 Å². The van der Waals surface area contributed by atoms with Gasteiger partial charge in [0, 0.05) is 36.4 Å². The van der Waals surface area contributed by atoms with Gasteiger partial charge in [0.05, 0.1) is 11.1 Å². The molecule has 0 saturated carbocycles. The van der Waals surface area contributed by atoms with Crippen LogP contribution >= 0.6 is 0 Å². The highest BCUT2D eigenvalue weighted by Gasteiger charge is 2.22. The van der Waals surface area contributed by atoms with Gasteiger partial charge in [0.15, 0.2) is 24.8 Å². The van der Waals surface area contributed by atoms with Gasteiger partial charge in [-0.2, -0.15) is 18.3 Å². The molecule has 0 unspecified atom stereocenters. The lowest BCUT2D eigenvalue weighted by Crippen LogP contribution is -2.39. The molecule has 0 aromatic carbocycles. The summed E-state index contributed by atoms with van der Waals surface area (Å²) >= 11 is 0. The third kappa shape index (κ3) is 3.29. The van der Waals surface area contributed by atoms with Gasteiger partial charge in [-0.3, -0.25) is 0 Å². The first-order valence-corrected chi connectivity index (χ1v) is 9.44. The summed E-state index contributed by atoms with van der Waals surface area (Å²) in [5.41, 5.74) is 7.14. The molecule has 0 atom stereocenters. The maximum absolute atomic E-state index is 2.19. The van der Waals surface area contributed by atoms with Crippen molar-refractivity contribution < 1.29 is 18.3 Å². The van der Waals surface area contributed by atoms with Crippen LogP contribution in [-0.4, -0.2) is 0 Å². The van der Waals surface area contributed by atoms with Crippen molar-refractivity contribution in [2.45, 2.75) is 0 Å². The summed E-state index contributed by atoms with van der Waals surface area (Å²) in [7, 11) is 8.35. The fourth-order valence-corrected chi connectivity index (χ4v) is 3.67. The van der Waals surface area contributed by atoms with Crippen LogP contribution in [0.1, 0.15) is 0 Å². The Balaban J connectivity index is 1.72. The lowest BCUT2D eigenvalue weighted by molar-refractivity contribution is -0.690. The molecule has 0 N–H and O–H groups in total. The molecule has 0 saturated heterocycles. The molecule has 138 valence electrons. The van der Waals surface area contributed by atoms with E-state index in [1.54, 1.807) is 0 Å². The molecular weight excluding hydrogens is 344 g/mol. The predicted octanol–water partition coefficient (Wildman–Crippen LogP) is 1.99. The number of rotatable bonds is 3. The van der Waals surface area contributed by atoms with E-state index in [1.165, 1.54) is 33.9 Å². The van der Waals surface area contributed by atoms with Gasteiger partial charge >= 0.3 is 0 Å². The zero-order valence-electron chi connectivity index (χ0n) is 16.9. The highest BCUT2D eigenvalue weighted by molar-refractivity contribution is 5.63. The van der Waals surface area contributed by atoms with Crippen molar-refractivity contribution in [3.63, 3.8) is 0 Å². The van der Waals surface area contributed by atoms with Crippen molar-refractivity contribution in [2.75, 3.05) is 0 Å². The molecule has 4 aromatic heterocycles. The van der Waals surface area contributed by atoms with Crippen molar-refractivity contribution in [2.24, 2.45) is 28.2 Å². The highest BCUT2D eigenvalue weighted by Crippen LogP contribution is 2.20. The van der Waals surface area contributed by atoms with E-state index in [9.17, 15) is 0 Å². The summed E-state index contributed by atoms with van der Waals surface area (Å²) in [6.07, 6.45) is 8.54. The second-order valence-corrected chi connectivity index (χ2v) is 7.22. The molecule has 0 spiro atoms. The predicted molar refractivity (Wildman–Crippen MR) is 107 cm³/mol. The third-order valence-electron chi connectivity index (χ3n) is 5.23. The molecule has 0 aliphatic carbocycles. The van der Waals surface area contributed by atoms with Crippen molar-refractivity contribution >= 4 is 0 Å². The summed E-state index contributed by atoms with van der Waals surface area (Å²) in [5.74, 6) is 0. The summed E-state index contributed by atoms with van der Waals surface area (Å²) in [6.45, 7) is 0. The van der Waals surface area contributed by atoms with Crippen LogP contribution in [0.5, 0.6) is 0 Å². The van der Waals surface area contributed by atoms with Crippen LogP contribution in [0.2, 0.25) is 0 Å². The molecule has 4 heterocycles. The van der Waals surface area contributed by atoms with Gasteiger partial charge in [0.2, 0.25) is 0 Å². The van der Waals surface area contributed by atoms with Crippen LogP contribution in [0, 0.1) is 0 Å². The molecule has 4 rings (SSSR count). The number of aromatic nitrogens is 4. The van der Waals surface area contributed by atoms with E-state index in [4.69, 9.17) is 0 Å². The Bertz CT molecular complexity index is 1070. The van der Waals surface area contributed by atoms with Gasteiger partial charge in [0.25, 0.3) is 22.8 Å². The summed E-state index contributed by atoms with van der Waals surface area (Å²) in [4.78, 5) is 0. The molecule has 4 aromatic rings. The van der Waals surface area contributed by atoms with Crippen LogP contribution in [0.25, 0.3) is 33.9 Å². The molecule has 28 heavy (non-hydrogen) atoms. The third-order valence-corrected chi connectivity index (χ3v) is 5.23. The highest BCUT2D eigenvalue weighted by atomic mass is 15.0. The number of aryl methyl sites for hydroxylation is 4. The standard InChI is InChI=1S/C24H26N4/c1-25-15-7-5-9-21(25)23-13-11-19(17-27(23)3)20-12-14-24(28(4)18-20)22-10-6-8-16-26(22)2/h5-18H,1-4H3/q+4. The molecule has 0 radical (unpaired) electrons. The van der Waals surface area contributed by atoms with Gasteiger partial charge in [-0.05, 0) is 24.3 Å². The number of hydrogen-bond donors (Lipinski definition) is 0.